The van der Waals surface area contributed by atoms with E-state index in [4.69, 9.17) is 0 Å². The van der Waals surface area contributed by atoms with Gasteiger partial charge in [-0.15, -0.1) is 0 Å². The normalized spacial score (nSPS) is 11.6. The van der Waals surface area contributed by atoms with Gasteiger partial charge in [-0.1, -0.05) is 39.5 Å². The lowest BCUT2D eigenvalue weighted by Crippen LogP contribution is -2.14. The molecule has 0 aliphatic carbocycles. The van der Waals surface area contributed by atoms with Gasteiger partial charge in [-0.05, 0) is 36.6 Å². The van der Waals surface area contributed by atoms with Gasteiger partial charge in [0, 0.05) is 24.3 Å². The third-order valence-corrected chi connectivity index (χ3v) is 3.74. The van der Waals surface area contributed by atoms with Crippen LogP contribution in [0.5, 0.6) is 0 Å². The molecule has 0 saturated heterocycles. The van der Waals surface area contributed by atoms with Crippen LogP contribution in [0.4, 0.5) is 0 Å². The van der Waals surface area contributed by atoms with E-state index in [2.05, 4.69) is 41.4 Å². The Morgan fingerprint density at radius 3 is 2.90 bits per heavy atom. The molecule has 0 amide bonds. The number of hydrogen-bond donors (Lipinski definition) is 2. The second kappa shape index (κ2) is 8.05. The van der Waals surface area contributed by atoms with Gasteiger partial charge in [0.1, 0.15) is 5.65 Å². The number of H-pyrrole nitrogens is 1. The fourth-order valence-corrected chi connectivity index (χ4v) is 2.54. The molecule has 0 atom stereocenters. The summed E-state index contributed by atoms with van der Waals surface area (Å²) in [6, 6.07) is 4.12. The third kappa shape index (κ3) is 4.64. The summed E-state index contributed by atoms with van der Waals surface area (Å²) in [4.78, 5) is 7.53. The zero-order valence-electron chi connectivity index (χ0n) is 12.8. The summed E-state index contributed by atoms with van der Waals surface area (Å²) in [6.45, 7) is 6.64. The Kier molecular flexibility index (Phi) is 6.06. The van der Waals surface area contributed by atoms with Crippen LogP contribution >= 0.6 is 0 Å². The van der Waals surface area contributed by atoms with Crippen LogP contribution < -0.4 is 5.32 Å². The van der Waals surface area contributed by atoms with Crippen molar-refractivity contribution in [1.82, 2.24) is 15.3 Å². The van der Waals surface area contributed by atoms with Crippen molar-refractivity contribution in [2.45, 2.75) is 52.5 Å². The van der Waals surface area contributed by atoms with Gasteiger partial charge in [0.2, 0.25) is 0 Å². The predicted octanol–water partition coefficient (Wildman–Crippen LogP) is 4.26. The number of rotatable bonds is 9. The molecule has 110 valence electrons. The van der Waals surface area contributed by atoms with Crippen molar-refractivity contribution in [2.24, 2.45) is 5.92 Å². The predicted molar refractivity (Wildman–Crippen MR) is 85.7 cm³/mol. The van der Waals surface area contributed by atoms with Crippen molar-refractivity contribution in [3.63, 3.8) is 0 Å². The minimum atomic E-state index is 0.851. The van der Waals surface area contributed by atoms with Gasteiger partial charge >= 0.3 is 0 Å². The molecule has 2 N–H and O–H groups in total. The Balaban J connectivity index is 1.59. The van der Waals surface area contributed by atoms with Gasteiger partial charge in [0.05, 0.1) is 0 Å². The molecule has 0 unspecified atom stereocenters. The Morgan fingerprint density at radius 2 is 2.05 bits per heavy atom. The molecule has 2 aromatic rings. The molecule has 0 fully saturated rings. The van der Waals surface area contributed by atoms with E-state index < -0.39 is 0 Å². The molecule has 3 nitrogen and oxygen atoms in total. The lowest BCUT2D eigenvalue weighted by Gasteiger charge is -2.05. The van der Waals surface area contributed by atoms with E-state index in [-0.39, 0.29) is 0 Å². The summed E-state index contributed by atoms with van der Waals surface area (Å²) in [7, 11) is 0. The second-order valence-corrected chi connectivity index (χ2v) is 5.99. The molecule has 0 radical (unpaired) electrons. The number of nitrogens with zero attached hydrogens (tertiary/aromatic N) is 1. The van der Waals surface area contributed by atoms with Gasteiger partial charge < -0.3 is 10.3 Å². The third-order valence-electron chi connectivity index (χ3n) is 3.74. The summed E-state index contributed by atoms with van der Waals surface area (Å²) < 4.78 is 0. The Bertz CT molecular complexity index is 502. The molecule has 2 rings (SSSR count). The van der Waals surface area contributed by atoms with Crippen LogP contribution in [0.3, 0.4) is 0 Å². The average molecular weight is 273 g/mol. The number of aromatic amines is 1. The smallest absolute Gasteiger partial charge is 0.137 e. The van der Waals surface area contributed by atoms with Crippen LogP contribution in [0, 0.1) is 5.92 Å². The lowest BCUT2D eigenvalue weighted by molar-refractivity contribution is 0.512. The maximum atomic E-state index is 4.31. The number of hydrogen-bond acceptors (Lipinski definition) is 2. The van der Waals surface area contributed by atoms with E-state index in [1.807, 2.05) is 12.3 Å². The maximum Gasteiger partial charge on any atom is 0.137 e. The van der Waals surface area contributed by atoms with E-state index in [1.54, 1.807) is 0 Å². The summed E-state index contributed by atoms with van der Waals surface area (Å²) >= 11 is 0. The van der Waals surface area contributed by atoms with Crippen molar-refractivity contribution in [3.05, 3.63) is 30.1 Å². The monoisotopic (exact) mass is 273 g/mol. The molecule has 0 aliphatic heterocycles. The Hall–Kier alpha value is -1.35. The number of unbranched alkanes of at least 4 members (excludes halogenated alkanes) is 3. The number of fused-ring (bicyclic) bond motifs is 1. The van der Waals surface area contributed by atoms with Gasteiger partial charge in [-0.2, -0.15) is 0 Å². The van der Waals surface area contributed by atoms with E-state index in [1.165, 1.54) is 43.1 Å². The molecular formula is C17H27N3. The van der Waals surface area contributed by atoms with Crippen LogP contribution in [-0.2, 0) is 6.54 Å². The first-order valence-electron chi connectivity index (χ1n) is 7.89. The number of aromatic nitrogens is 2. The molecule has 0 aromatic carbocycles. The van der Waals surface area contributed by atoms with E-state index in [9.17, 15) is 0 Å². The summed E-state index contributed by atoms with van der Waals surface area (Å²) in [6.07, 6.45) is 10.6. The van der Waals surface area contributed by atoms with Gasteiger partial charge in [-0.3, -0.25) is 0 Å². The fraction of sp³-hybridized carbons (Fsp3) is 0.588. The zero-order valence-corrected chi connectivity index (χ0v) is 12.8. The van der Waals surface area contributed by atoms with Crippen molar-refractivity contribution in [1.29, 1.82) is 0 Å². The van der Waals surface area contributed by atoms with Gasteiger partial charge in [0.15, 0.2) is 0 Å². The number of pyridine rings is 1. The number of nitrogens with one attached hydrogen (secondary N) is 2. The summed E-state index contributed by atoms with van der Waals surface area (Å²) in [5.74, 6) is 0.851. The average Bonchev–Trinajstić information content (AvgIpc) is 2.85. The highest BCUT2D eigenvalue weighted by Gasteiger charge is 2.02. The van der Waals surface area contributed by atoms with E-state index in [0.717, 1.165) is 24.7 Å². The van der Waals surface area contributed by atoms with Crippen LogP contribution in [0.25, 0.3) is 11.0 Å². The standard InChI is InChI=1S/C17H27N3/c1-14(2)8-5-3-4-6-10-18-12-15-13-20-17-16(15)9-7-11-19-17/h7,9,11,13-14,18H,3-6,8,10,12H2,1-2H3,(H,19,20). The van der Waals surface area contributed by atoms with Crippen molar-refractivity contribution in [3.8, 4) is 0 Å². The first kappa shape index (κ1) is 15.0. The maximum absolute atomic E-state index is 4.31. The summed E-state index contributed by atoms with van der Waals surface area (Å²) in [5.41, 5.74) is 2.30. The Morgan fingerprint density at radius 1 is 1.20 bits per heavy atom. The van der Waals surface area contributed by atoms with Gasteiger partial charge in [-0.25, -0.2) is 4.98 Å². The molecular weight excluding hydrogens is 246 g/mol. The van der Waals surface area contributed by atoms with Crippen molar-refractivity contribution < 1.29 is 0 Å². The molecule has 0 saturated carbocycles. The fourth-order valence-electron chi connectivity index (χ4n) is 2.54. The van der Waals surface area contributed by atoms with E-state index >= 15 is 0 Å². The van der Waals surface area contributed by atoms with Crippen LogP contribution in [0.15, 0.2) is 24.5 Å². The Labute approximate surface area is 122 Å². The minimum Gasteiger partial charge on any atom is -0.346 e. The largest absolute Gasteiger partial charge is 0.346 e. The van der Waals surface area contributed by atoms with Crippen molar-refractivity contribution in [2.75, 3.05) is 6.54 Å². The summed E-state index contributed by atoms with van der Waals surface area (Å²) in [5, 5.41) is 4.77. The molecule has 3 heteroatoms. The zero-order chi connectivity index (χ0) is 14.2. The SMILES string of the molecule is CC(C)CCCCCCNCc1c[nH]c2ncccc12. The topological polar surface area (TPSA) is 40.7 Å². The first-order valence-corrected chi connectivity index (χ1v) is 7.89. The lowest BCUT2D eigenvalue weighted by atomic mass is 10.0. The highest BCUT2D eigenvalue weighted by atomic mass is 14.9. The van der Waals surface area contributed by atoms with Crippen LogP contribution in [-0.4, -0.2) is 16.5 Å². The molecule has 20 heavy (non-hydrogen) atoms. The molecule has 2 aromatic heterocycles. The van der Waals surface area contributed by atoms with E-state index in [0.29, 0.717) is 0 Å². The molecule has 0 bridgehead atoms. The first-order chi connectivity index (χ1) is 9.77. The highest BCUT2D eigenvalue weighted by molar-refractivity contribution is 5.79. The van der Waals surface area contributed by atoms with Crippen LogP contribution in [0.1, 0.15) is 51.5 Å². The molecule has 2 heterocycles. The second-order valence-electron chi connectivity index (χ2n) is 5.99. The minimum absolute atomic E-state index is 0.851. The quantitative estimate of drug-likeness (QED) is 0.670. The molecule has 0 aliphatic rings. The van der Waals surface area contributed by atoms with Gasteiger partial charge in [0.25, 0.3) is 0 Å². The van der Waals surface area contributed by atoms with Crippen molar-refractivity contribution >= 4 is 11.0 Å². The highest BCUT2D eigenvalue weighted by Crippen LogP contribution is 2.15. The molecule has 0 spiro atoms. The van der Waals surface area contributed by atoms with Crippen LogP contribution in [0.2, 0.25) is 0 Å².